The van der Waals surface area contributed by atoms with E-state index in [-0.39, 0.29) is 25.2 Å². The molecule has 7 nitrogen and oxygen atoms in total. The van der Waals surface area contributed by atoms with Crippen LogP contribution in [0.2, 0.25) is 0 Å². The molecule has 3 rings (SSSR count). The van der Waals surface area contributed by atoms with Crippen LogP contribution in [-0.2, 0) is 9.53 Å². The zero-order chi connectivity index (χ0) is 17.8. The van der Waals surface area contributed by atoms with Crippen LogP contribution in [0.4, 0.5) is 0 Å². The van der Waals surface area contributed by atoms with Gasteiger partial charge in [-0.2, -0.15) is 0 Å². The molecule has 25 heavy (non-hydrogen) atoms. The highest BCUT2D eigenvalue weighted by Gasteiger charge is 2.33. The maximum Gasteiger partial charge on any atom is 0.328 e. The summed E-state index contributed by atoms with van der Waals surface area (Å²) < 4.78 is 16.5. The molecule has 1 saturated carbocycles. The van der Waals surface area contributed by atoms with Gasteiger partial charge in [-0.15, -0.1) is 0 Å². The van der Waals surface area contributed by atoms with Crippen molar-refractivity contribution in [2.75, 3.05) is 26.9 Å². The second-order valence-corrected chi connectivity index (χ2v) is 6.32. The summed E-state index contributed by atoms with van der Waals surface area (Å²) in [5, 5.41) is 9.29. The van der Waals surface area contributed by atoms with Gasteiger partial charge >= 0.3 is 5.97 Å². The lowest BCUT2D eigenvalue weighted by atomic mass is 10.1. The summed E-state index contributed by atoms with van der Waals surface area (Å²) in [5.41, 5.74) is 0.378. The molecule has 0 unspecified atom stereocenters. The average molecular weight is 349 g/mol. The Morgan fingerprint density at radius 2 is 2.00 bits per heavy atom. The molecule has 1 aliphatic heterocycles. The maximum atomic E-state index is 12.7. The summed E-state index contributed by atoms with van der Waals surface area (Å²) in [5.74, 6) is -0.316. The molecule has 0 bridgehead atoms. The number of carbonyl (C=O) groups is 2. The number of hydrogen-bond donors (Lipinski definition) is 1. The number of carboxylic acids is 1. The third kappa shape index (κ3) is 3.87. The minimum absolute atomic E-state index is 0.00107. The zero-order valence-corrected chi connectivity index (χ0v) is 14.3. The monoisotopic (exact) mass is 349 g/mol. The van der Waals surface area contributed by atoms with Crippen LogP contribution >= 0.6 is 0 Å². The smallest absolute Gasteiger partial charge is 0.328 e. The highest BCUT2D eigenvalue weighted by Crippen LogP contribution is 2.32. The van der Waals surface area contributed by atoms with Crippen molar-refractivity contribution in [2.24, 2.45) is 0 Å². The van der Waals surface area contributed by atoms with Gasteiger partial charge in [0.2, 0.25) is 0 Å². The van der Waals surface area contributed by atoms with Crippen LogP contribution in [0.5, 0.6) is 11.5 Å². The Hall–Kier alpha value is -2.28. The van der Waals surface area contributed by atoms with Gasteiger partial charge in [-0.3, -0.25) is 4.79 Å². The lowest BCUT2D eigenvalue weighted by Crippen LogP contribution is -2.52. The first-order valence-corrected chi connectivity index (χ1v) is 8.56. The van der Waals surface area contributed by atoms with Crippen LogP contribution < -0.4 is 9.47 Å². The topological polar surface area (TPSA) is 85.3 Å². The van der Waals surface area contributed by atoms with E-state index in [0.717, 1.165) is 25.7 Å². The lowest BCUT2D eigenvalue weighted by molar-refractivity contribution is -0.147. The summed E-state index contributed by atoms with van der Waals surface area (Å²) in [4.78, 5) is 25.4. The molecule has 2 fully saturated rings. The molecule has 1 amide bonds. The molecule has 0 spiro atoms. The Bertz CT molecular complexity index is 640. The molecule has 1 saturated heterocycles. The minimum Gasteiger partial charge on any atom is -0.493 e. The molecule has 0 radical (unpaired) electrons. The Morgan fingerprint density at radius 1 is 1.24 bits per heavy atom. The number of carbonyl (C=O) groups excluding carboxylic acids is 1. The van der Waals surface area contributed by atoms with Gasteiger partial charge in [-0.25, -0.2) is 4.79 Å². The highest BCUT2D eigenvalue weighted by molar-refractivity contribution is 5.97. The molecule has 7 heteroatoms. The fraction of sp³-hybridized carbons (Fsp3) is 0.556. The first kappa shape index (κ1) is 17.5. The molecule has 1 aliphatic carbocycles. The Morgan fingerprint density at radius 3 is 2.68 bits per heavy atom. The van der Waals surface area contributed by atoms with E-state index in [4.69, 9.17) is 14.2 Å². The SMILES string of the molecule is COc1cc(C(=O)N2CCOC[C@H]2C(=O)O)ccc1OC1CCCC1. The molecule has 0 aromatic heterocycles. The van der Waals surface area contributed by atoms with Gasteiger partial charge in [0.15, 0.2) is 17.5 Å². The van der Waals surface area contributed by atoms with Gasteiger partial charge in [0.05, 0.1) is 26.4 Å². The summed E-state index contributed by atoms with van der Waals surface area (Å²) in [7, 11) is 1.53. The van der Waals surface area contributed by atoms with Gasteiger partial charge in [0.25, 0.3) is 5.91 Å². The Balaban J connectivity index is 1.79. The van der Waals surface area contributed by atoms with Crippen molar-refractivity contribution in [3.8, 4) is 11.5 Å². The van der Waals surface area contributed by atoms with Gasteiger partial charge in [0, 0.05) is 12.1 Å². The van der Waals surface area contributed by atoms with E-state index in [1.807, 2.05) is 0 Å². The predicted octanol–water partition coefficient (Wildman–Crippen LogP) is 1.94. The zero-order valence-electron chi connectivity index (χ0n) is 14.3. The van der Waals surface area contributed by atoms with E-state index in [1.54, 1.807) is 18.2 Å². The van der Waals surface area contributed by atoms with Crippen molar-refractivity contribution in [2.45, 2.75) is 37.8 Å². The summed E-state index contributed by atoms with van der Waals surface area (Å²) in [6.45, 7) is 0.578. The van der Waals surface area contributed by atoms with E-state index in [0.29, 0.717) is 23.7 Å². The Labute approximate surface area is 146 Å². The molecule has 136 valence electrons. The molecule has 1 N–H and O–H groups in total. The van der Waals surface area contributed by atoms with E-state index in [9.17, 15) is 14.7 Å². The number of nitrogens with zero attached hydrogens (tertiary/aromatic N) is 1. The number of hydrogen-bond acceptors (Lipinski definition) is 5. The van der Waals surface area contributed by atoms with Gasteiger partial charge in [0.1, 0.15) is 0 Å². The number of aliphatic carboxylic acids is 1. The van der Waals surface area contributed by atoms with Crippen LogP contribution in [0.3, 0.4) is 0 Å². The maximum absolute atomic E-state index is 12.7. The summed E-state index contributed by atoms with van der Waals surface area (Å²) >= 11 is 0. The van der Waals surface area contributed by atoms with Crippen molar-refractivity contribution >= 4 is 11.9 Å². The predicted molar refractivity (Wildman–Crippen MR) is 89.2 cm³/mol. The standard InChI is InChI=1S/C18H23NO6/c1-23-16-10-12(6-7-15(16)25-13-4-2-3-5-13)17(20)19-8-9-24-11-14(19)18(21)22/h6-7,10,13-14H,2-5,8-9,11H2,1H3,(H,21,22)/t14-/m0/s1. The van der Waals surface area contributed by atoms with Crippen molar-refractivity contribution in [1.29, 1.82) is 0 Å². The van der Waals surface area contributed by atoms with E-state index in [2.05, 4.69) is 0 Å². The van der Waals surface area contributed by atoms with Crippen molar-refractivity contribution < 1.29 is 28.9 Å². The lowest BCUT2D eigenvalue weighted by Gasteiger charge is -2.33. The van der Waals surface area contributed by atoms with E-state index < -0.39 is 12.0 Å². The van der Waals surface area contributed by atoms with Crippen LogP contribution in [-0.4, -0.2) is 60.9 Å². The van der Waals surface area contributed by atoms with Gasteiger partial charge < -0.3 is 24.2 Å². The fourth-order valence-corrected chi connectivity index (χ4v) is 3.30. The molecule has 1 heterocycles. The number of benzene rings is 1. The molecule has 2 aliphatic rings. The largest absolute Gasteiger partial charge is 0.493 e. The van der Waals surface area contributed by atoms with Crippen molar-refractivity contribution in [1.82, 2.24) is 4.90 Å². The minimum atomic E-state index is -1.07. The van der Waals surface area contributed by atoms with Crippen molar-refractivity contribution in [3.63, 3.8) is 0 Å². The number of carboxylic acid groups (broad SMARTS) is 1. The number of morpholine rings is 1. The molecular weight excluding hydrogens is 326 g/mol. The van der Waals surface area contributed by atoms with Crippen LogP contribution in [0, 0.1) is 0 Å². The summed E-state index contributed by atoms with van der Waals surface area (Å²) in [6.07, 6.45) is 4.57. The normalized spacial score (nSPS) is 21.2. The average Bonchev–Trinajstić information content (AvgIpc) is 3.14. The number of methoxy groups -OCH3 is 1. The van der Waals surface area contributed by atoms with Crippen LogP contribution in [0.1, 0.15) is 36.0 Å². The van der Waals surface area contributed by atoms with Crippen LogP contribution in [0.25, 0.3) is 0 Å². The van der Waals surface area contributed by atoms with Gasteiger partial charge in [-0.1, -0.05) is 0 Å². The third-order valence-electron chi connectivity index (χ3n) is 4.68. The molecule has 1 atom stereocenters. The second-order valence-electron chi connectivity index (χ2n) is 6.32. The van der Waals surface area contributed by atoms with Crippen molar-refractivity contribution in [3.05, 3.63) is 23.8 Å². The highest BCUT2D eigenvalue weighted by atomic mass is 16.5. The number of amides is 1. The molecule has 1 aromatic rings. The summed E-state index contributed by atoms with van der Waals surface area (Å²) in [6, 6.07) is 4.02. The second kappa shape index (κ2) is 7.74. The first-order chi connectivity index (χ1) is 12.1. The molecular formula is C18H23NO6. The van der Waals surface area contributed by atoms with Gasteiger partial charge in [-0.05, 0) is 43.9 Å². The quantitative estimate of drug-likeness (QED) is 0.874. The number of ether oxygens (including phenoxy) is 3. The number of rotatable bonds is 5. The first-order valence-electron chi connectivity index (χ1n) is 8.56. The third-order valence-corrected chi connectivity index (χ3v) is 4.68. The van der Waals surface area contributed by atoms with E-state index in [1.165, 1.54) is 12.0 Å². The fourth-order valence-electron chi connectivity index (χ4n) is 3.30. The van der Waals surface area contributed by atoms with Crippen LogP contribution in [0.15, 0.2) is 18.2 Å². The molecule has 1 aromatic carbocycles. The Kier molecular flexibility index (Phi) is 5.43. The van der Waals surface area contributed by atoms with E-state index >= 15 is 0 Å².